The summed E-state index contributed by atoms with van der Waals surface area (Å²) in [6.07, 6.45) is 3.74. The van der Waals surface area contributed by atoms with E-state index < -0.39 is 0 Å². The predicted molar refractivity (Wildman–Crippen MR) is 98.3 cm³/mol. The summed E-state index contributed by atoms with van der Waals surface area (Å²) in [7, 11) is 3.37. The third-order valence-corrected chi connectivity index (χ3v) is 3.68. The number of rotatable bonds is 7. The Morgan fingerprint density at radius 3 is 2.77 bits per heavy atom. The minimum atomic E-state index is -0.107. The molecule has 0 radical (unpaired) electrons. The second kappa shape index (κ2) is 8.21. The number of pyridine rings is 2. The molecule has 1 amide bonds. The maximum atomic E-state index is 12.0. The van der Waals surface area contributed by atoms with Crippen LogP contribution in [0, 0.1) is 0 Å². The van der Waals surface area contributed by atoms with Crippen molar-refractivity contribution in [2.75, 3.05) is 26.0 Å². The van der Waals surface area contributed by atoms with Crippen LogP contribution in [0.25, 0.3) is 17.1 Å². The summed E-state index contributed by atoms with van der Waals surface area (Å²) in [6, 6.07) is 11.0. The number of carbonyl (C=O) groups excluding carboxylic acids is 1. The van der Waals surface area contributed by atoms with Crippen molar-refractivity contribution in [1.29, 1.82) is 0 Å². The number of nitrogens with one attached hydrogen (secondary N) is 2. The van der Waals surface area contributed by atoms with Gasteiger partial charge in [-0.3, -0.25) is 9.78 Å². The molecule has 0 bridgehead atoms. The van der Waals surface area contributed by atoms with Gasteiger partial charge in [-0.1, -0.05) is 6.07 Å². The van der Waals surface area contributed by atoms with Crippen molar-refractivity contribution < 1.29 is 9.53 Å². The van der Waals surface area contributed by atoms with Crippen LogP contribution in [0.4, 0.5) is 5.82 Å². The Balaban J connectivity index is 1.96. The number of methoxy groups -OCH3 is 1. The van der Waals surface area contributed by atoms with E-state index in [1.165, 1.54) is 0 Å². The minimum Gasteiger partial charge on any atom is -0.481 e. The van der Waals surface area contributed by atoms with Gasteiger partial charge in [0.1, 0.15) is 0 Å². The molecule has 8 heteroatoms. The van der Waals surface area contributed by atoms with E-state index in [0.29, 0.717) is 24.7 Å². The van der Waals surface area contributed by atoms with Gasteiger partial charge in [0.15, 0.2) is 5.82 Å². The molecule has 3 rings (SSSR count). The van der Waals surface area contributed by atoms with Gasteiger partial charge < -0.3 is 15.4 Å². The lowest BCUT2D eigenvalue weighted by Crippen LogP contribution is -2.19. The van der Waals surface area contributed by atoms with Crippen LogP contribution in [0.15, 0.2) is 48.8 Å². The Morgan fingerprint density at radius 1 is 1.23 bits per heavy atom. The number of hydrogen-bond donors (Lipinski definition) is 2. The van der Waals surface area contributed by atoms with Crippen LogP contribution >= 0.6 is 0 Å². The Bertz CT molecular complexity index is 861. The molecule has 3 aromatic heterocycles. The molecule has 0 fully saturated rings. The zero-order valence-corrected chi connectivity index (χ0v) is 14.6. The van der Waals surface area contributed by atoms with E-state index in [1.54, 1.807) is 43.4 Å². The van der Waals surface area contributed by atoms with Gasteiger partial charge in [0.25, 0.3) is 0 Å². The molecule has 0 saturated carbocycles. The molecular weight excluding hydrogens is 332 g/mol. The summed E-state index contributed by atoms with van der Waals surface area (Å²) < 4.78 is 6.80. The average Bonchev–Trinajstić information content (AvgIpc) is 3.10. The second-order valence-corrected chi connectivity index (χ2v) is 5.50. The molecule has 0 aliphatic carbocycles. The smallest absolute Gasteiger partial charge is 0.226 e. The number of ether oxygens (including phenoxy) is 1. The zero-order chi connectivity index (χ0) is 18.4. The van der Waals surface area contributed by atoms with E-state index in [4.69, 9.17) is 4.74 Å². The second-order valence-electron chi connectivity index (χ2n) is 5.50. The Labute approximate surface area is 151 Å². The maximum Gasteiger partial charge on any atom is 0.226 e. The molecule has 26 heavy (non-hydrogen) atoms. The third-order valence-electron chi connectivity index (χ3n) is 3.68. The number of anilines is 1. The molecule has 0 unspecified atom stereocenters. The van der Waals surface area contributed by atoms with Crippen LogP contribution < -0.4 is 15.4 Å². The van der Waals surface area contributed by atoms with E-state index in [1.807, 2.05) is 24.3 Å². The maximum absolute atomic E-state index is 12.0. The van der Waals surface area contributed by atoms with Crippen LogP contribution in [-0.2, 0) is 4.79 Å². The molecule has 3 aromatic rings. The van der Waals surface area contributed by atoms with Crippen LogP contribution in [0.1, 0.15) is 6.42 Å². The van der Waals surface area contributed by atoms with E-state index >= 15 is 0 Å². The van der Waals surface area contributed by atoms with Gasteiger partial charge in [0.05, 0.1) is 30.4 Å². The van der Waals surface area contributed by atoms with Gasteiger partial charge in [-0.25, -0.2) is 9.67 Å². The molecule has 134 valence electrons. The molecule has 3 heterocycles. The van der Waals surface area contributed by atoms with Crippen LogP contribution in [0.2, 0.25) is 0 Å². The van der Waals surface area contributed by atoms with Crippen molar-refractivity contribution in [3.05, 3.63) is 48.8 Å². The van der Waals surface area contributed by atoms with E-state index in [2.05, 4.69) is 25.7 Å². The van der Waals surface area contributed by atoms with Crippen molar-refractivity contribution in [3.63, 3.8) is 0 Å². The first-order chi connectivity index (χ1) is 12.7. The molecular formula is C18H20N6O2. The highest BCUT2D eigenvalue weighted by Gasteiger charge is 2.14. The Hall–Kier alpha value is -3.26. The van der Waals surface area contributed by atoms with Crippen LogP contribution in [-0.4, -0.2) is 46.4 Å². The summed E-state index contributed by atoms with van der Waals surface area (Å²) >= 11 is 0. The number of aromatic nitrogens is 4. The lowest BCUT2D eigenvalue weighted by molar-refractivity contribution is -0.116. The number of amides is 1. The van der Waals surface area contributed by atoms with E-state index in [0.717, 1.165) is 17.1 Å². The van der Waals surface area contributed by atoms with Gasteiger partial charge in [0, 0.05) is 31.3 Å². The highest BCUT2D eigenvalue weighted by molar-refractivity contribution is 5.90. The van der Waals surface area contributed by atoms with Crippen molar-refractivity contribution in [2.45, 2.75) is 6.42 Å². The van der Waals surface area contributed by atoms with Gasteiger partial charge >= 0.3 is 0 Å². The fourth-order valence-corrected chi connectivity index (χ4v) is 2.40. The van der Waals surface area contributed by atoms with Crippen molar-refractivity contribution in [2.24, 2.45) is 0 Å². The topological polar surface area (TPSA) is 94.0 Å². The molecule has 0 aliphatic heterocycles. The average molecular weight is 352 g/mol. The summed E-state index contributed by atoms with van der Waals surface area (Å²) in [6.45, 7) is 0.599. The molecule has 2 N–H and O–H groups in total. The number of hydrogen-bond acceptors (Lipinski definition) is 6. The highest BCUT2D eigenvalue weighted by Crippen LogP contribution is 2.24. The SMILES string of the molecule is CNCCC(=O)Nc1cc(-c2ccccn2)n(-c2ccc(OC)nc2)n1. The van der Waals surface area contributed by atoms with Gasteiger partial charge in [0.2, 0.25) is 11.8 Å². The van der Waals surface area contributed by atoms with E-state index in [-0.39, 0.29) is 5.91 Å². The van der Waals surface area contributed by atoms with Gasteiger partial charge in [-0.05, 0) is 25.2 Å². The normalized spacial score (nSPS) is 10.5. The third kappa shape index (κ3) is 4.04. The first-order valence-corrected chi connectivity index (χ1v) is 8.17. The highest BCUT2D eigenvalue weighted by atomic mass is 16.5. The molecule has 0 atom stereocenters. The standard InChI is InChI=1S/C18H20N6O2/c1-19-10-8-17(25)22-16-11-15(14-5-3-4-9-20-14)24(23-16)13-6-7-18(26-2)21-12-13/h3-7,9,11-12,19H,8,10H2,1-2H3,(H,22,23,25). The quantitative estimate of drug-likeness (QED) is 0.674. The van der Waals surface area contributed by atoms with Crippen molar-refractivity contribution >= 4 is 11.7 Å². The fraction of sp³-hybridized carbons (Fsp3) is 0.222. The largest absolute Gasteiger partial charge is 0.481 e. The van der Waals surface area contributed by atoms with Crippen molar-refractivity contribution in [1.82, 2.24) is 25.1 Å². The fourth-order valence-electron chi connectivity index (χ4n) is 2.40. The first kappa shape index (κ1) is 17.6. The monoisotopic (exact) mass is 352 g/mol. The molecule has 0 aromatic carbocycles. The van der Waals surface area contributed by atoms with E-state index in [9.17, 15) is 4.79 Å². The summed E-state index contributed by atoms with van der Waals surface area (Å²) in [4.78, 5) is 20.6. The van der Waals surface area contributed by atoms with Crippen LogP contribution in [0.3, 0.4) is 0 Å². The molecule has 0 spiro atoms. The molecule has 8 nitrogen and oxygen atoms in total. The lowest BCUT2D eigenvalue weighted by Gasteiger charge is -2.07. The van der Waals surface area contributed by atoms with Gasteiger partial charge in [-0.15, -0.1) is 5.10 Å². The summed E-state index contributed by atoms with van der Waals surface area (Å²) in [5.41, 5.74) is 2.23. The van der Waals surface area contributed by atoms with Gasteiger partial charge in [-0.2, -0.15) is 0 Å². The molecule has 0 aliphatic rings. The predicted octanol–water partition coefficient (Wildman–Crippen LogP) is 1.89. The Kier molecular flexibility index (Phi) is 5.55. The Morgan fingerprint density at radius 2 is 2.12 bits per heavy atom. The first-order valence-electron chi connectivity index (χ1n) is 8.17. The molecule has 0 saturated heterocycles. The summed E-state index contributed by atoms with van der Waals surface area (Å²) in [5.74, 6) is 0.868. The zero-order valence-electron chi connectivity index (χ0n) is 14.6. The number of nitrogens with zero attached hydrogens (tertiary/aromatic N) is 4. The minimum absolute atomic E-state index is 0.107. The number of carbonyl (C=O) groups is 1. The van der Waals surface area contributed by atoms with Crippen molar-refractivity contribution in [3.8, 4) is 23.0 Å². The summed E-state index contributed by atoms with van der Waals surface area (Å²) in [5, 5.41) is 10.3. The van der Waals surface area contributed by atoms with Crippen LogP contribution in [0.5, 0.6) is 5.88 Å². The lowest BCUT2D eigenvalue weighted by atomic mass is 10.2.